The van der Waals surface area contributed by atoms with Crippen molar-refractivity contribution in [3.05, 3.63) is 95.1 Å². The zero-order valence-corrected chi connectivity index (χ0v) is 19.2. The smallest absolute Gasteiger partial charge is 0.244 e. The predicted octanol–water partition coefficient (Wildman–Crippen LogP) is 4.83. The minimum absolute atomic E-state index is 0.0597. The number of para-hydroxylation sites is 1. The molecular weight excluding hydrogens is 404 g/mol. The van der Waals surface area contributed by atoms with E-state index in [1.807, 2.05) is 44.3 Å². The lowest BCUT2D eigenvalue weighted by molar-refractivity contribution is 0.324. The summed E-state index contributed by atoms with van der Waals surface area (Å²) < 4.78 is 29.5. The topological polar surface area (TPSA) is 40.6 Å². The quantitative estimate of drug-likeness (QED) is 0.595. The van der Waals surface area contributed by atoms with Crippen molar-refractivity contribution in [2.75, 3.05) is 18.5 Å². The largest absolute Gasteiger partial charge is 0.357 e. The highest BCUT2D eigenvalue weighted by molar-refractivity contribution is 7.89. The molecule has 0 radical (unpaired) electrons. The van der Waals surface area contributed by atoms with E-state index in [4.69, 9.17) is 0 Å². The third kappa shape index (κ3) is 2.80. The second-order valence-corrected chi connectivity index (χ2v) is 11.0. The van der Waals surface area contributed by atoms with Gasteiger partial charge in [0.1, 0.15) is 6.17 Å². The Morgan fingerprint density at radius 1 is 0.903 bits per heavy atom. The average Bonchev–Trinajstić information content (AvgIpc) is 3.19. The lowest BCUT2D eigenvalue weighted by Crippen LogP contribution is -2.49. The van der Waals surface area contributed by atoms with Gasteiger partial charge in [-0.3, -0.25) is 0 Å². The van der Waals surface area contributed by atoms with Gasteiger partial charge in [0.25, 0.3) is 0 Å². The zero-order chi connectivity index (χ0) is 22.0. The van der Waals surface area contributed by atoms with Crippen molar-refractivity contribution in [3.63, 3.8) is 0 Å². The molecule has 0 aliphatic carbocycles. The van der Waals surface area contributed by atoms with E-state index in [-0.39, 0.29) is 17.5 Å². The molecule has 31 heavy (non-hydrogen) atoms. The number of rotatable bonds is 3. The highest BCUT2D eigenvalue weighted by Crippen LogP contribution is 2.58. The van der Waals surface area contributed by atoms with Gasteiger partial charge in [0, 0.05) is 30.6 Å². The summed E-state index contributed by atoms with van der Waals surface area (Å²) in [7, 11) is -1.63. The molecule has 0 amide bonds. The molecule has 0 bridgehead atoms. The Hall–Kier alpha value is -2.63. The van der Waals surface area contributed by atoms with Gasteiger partial charge in [0.05, 0.1) is 4.90 Å². The average molecular weight is 433 g/mol. The number of anilines is 1. The molecule has 160 valence electrons. The zero-order valence-electron chi connectivity index (χ0n) is 18.4. The van der Waals surface area contributed by atoms with Crippen LogP contribution in [-0.4, -0.2) is 32.5 Å². The molecule has 5 rings (SSSR count). The van der Waals surface area contributed by atoms with Crippen LogP contribution >= 0.6 is 0 Å². The Labute approximate surface area is 185 Å². The summed E-state index contributed by atoms with van der Waals surface area (Å²) in [6, 6.07) is 23.9. The van der Waals surface area contributed by atoms with Crippen LogP contribution in [0.2, 0.25) is 0 Å². The van der Waals surface area contributed by atoms with Crippen LogP contribution < -0.4 is 4.90 Å². The number of aryl methyl sites for hydroxylation is 2. The maximum Gasteiger partial charge on any atom is 0.244 e. The Kier molecular flexibility index (Phi) is 4.54. The summed E-state index contributed by atoms with van der Waals surface area (Å²) in [6.45, 7) is 6.77. The first kappa shape index (κ1) is 20.3. The van der Waals surface area contributed by atoms with Gasteiger partial charge in [-0.1, -0.05) is 73.2 Å². The highest BCUT2D eigenvalue weighted by Gasteiger charge is 2.62. The van der Waals surface area contributed by atoms with E-state index in [0.29, 0.717) is 11.4 Å². The van der Waals surface area contributed by atoms with Gasteiger partial charge in [-0.05, 0) is 42.7 Å². The van der Waals surface area contributed by atoms with E-state index in [1.165, 1.54) is 16.7 Å². The van der Waals surface area contributed by atoms with Crippen molar-refractivity contribution in [2.45, 2.75) is 43.2 Å². The van der Waals surface area contributed by atoms with Crippen LogP contribution in [0.4, 0.5) is 5.69 Å². The molecular formula is C26H28N2O2S. The van der Waals surface area contributed by atoms with Crippen molar-refractivity contribution < 1.29 is 8.42 Å². The third-order valence-electron chi connectivity index (χ3n) is 7.26. The van der Waals surface area contributed by atoms with E-state index in [2.05, 4.69) is 49.1 Å². The number of fused-ring (bicyclic) bond motifs is 3. The van der Waals surface area contributed by atoms with E-state index in [1.54, 1.807) is 16.4 Å². The summed E-state index contributed by atoms with van der Waals surface area (Å²) in [5.74, 6) is 0.0597. The third-order valence-corrected chi connectivity index (χ3v) is 9.10. The molecule has 1 fully saturated rings. The maximum atomic E-state index is 13.9. The Balaban J connectivity index is 1.72. The van der Waals surface area contributed by atoms with E-state index in [0.717, 1.165) is 11.3 Å². The Morgan fingerprint density at radius 3 is 2.26 bits per heavy atom. The van der Waals surface area contributed by atoms with Crippen LogP contribution in [0.15, 0.2) is 77.7 Å². The first-order valence-corrected chi connectivity index (χ1v) is 12.2. The highest BCUT2D eigenvalue weighted by atomic mass is 32.2. The summed E-state index contributed by atoms with van der Waals surface area (Å²) in [5, 5.41) is 0. The van der Waals surface area contributed by atoms with Crippen LogP contribution in [0, 0.1) is 13.8 Å². The Morgan fingerprint density at radius 2 is 1.58 bits per heavy atom. The number of nitrogens with zero attached hydrogens (tertiary/aromatic N) is 2. The van der Waals surface area contributed by atoms with Crippen LogP contribution in [0.25, 0.3) is 0 Å². The number of likely N-dealkylation sites (N-methyl/N-ethyl adjacent to an activating group) is 1. The first-order chi connectivity index (χ1) is 14.8. The van der Waals surface area contributed by atoms with Crippen molar-refractivity contribution in [2.24, 2.45) is 0 Å². The molecule has 0 spiro atoms. The lowest BCUT2D eigenvalue weighted by Gasteiger charge is -2.35. The fourth-order valence-electron chi connectivity index (χ4n) is 5.77. The summed E-state index contributed by atoms with van der Waals surface area (Å²) in [4.78, 5) is 2.54. The fourth-order valence-corrected chi connectivity index (χ4v) is 7.49. The van der Waals surface area contributed by atoms with Crippen molar-refractivity contribution >= 4 is 15.7 Å². The van der Waals surface area contributed by atoms with Crippen molar-refractivity contribution in [1.82, 2.24) is 4.31 Å². The van der Waals surface area contributed by atoms with Crippen LogP contribution in [0.3, 0.4) is 0 Å². The monoisotopic (exact) mass is 432 g/mol. The summed E-state index contributed by atoms with van der Waals surface area (Å²) >= 11 is 0. The standard InChI is InChI=1S/C26H28N2O2S/c1-18-13-15-21(16-14-18)31(29,30)28-17-23(20-10-6-5-7-11-20)26(3)22-12-8-9-19(2)24(22)27(4)25(26)28/h5-16,23,25H,17H2,1-4H3/t23-,25-,26+/m0/s1. The number of sulfonamides is 1. The molecule has 0 saturated carbocycles. The van der Waals surface area contributed by atoms with Crippen molar-refractivity contribution in [1.29, 1.82) is 0 Å². The maximum absolute atomic E-state index is 13.9. The van der Waals surface area contributed by atoms with Crippen molar-refractivity contribution in [3.8, 4) is 0 Å². The molecule has 3 aromatic carbocycles. The minimum Gasteiger partial charge on any atom is -0.357 e. The SMILES string of the molecule is Cc1ccc(S(=O)(=O)N2C[C@@H](c3ccccc3)[C@@]3(C)c4cccc(C)c4N(C)[C@@H]23)cc1. The molecule has 1 saturated heterocycles. The van der Waals surface area contributed by atoms with Gasteiger partial charge in [0.15, 0.2) is 0 Å². The van der Waals surface area contributed by atoms with Gasteiger partial charge >= 0.3 is 0 Å². The molecule has 2 aliphatic heterocycles. The van der Waals surface area contributed by atoms with E-state index < -0.39 is 10.0 Å². The lowest BCUT2D eigenvalue weighted by atomic mass is 9.71. The molecule has 2 aliphatic rings. The molecule has 0 unspecified atom stereocenters. The van der Waals surface area contributed by atoms with Gasteiger partial charge in [0.2, 0.25) is 10.0 Å². The molecule has 0 N–H and O–H groups in total. The molecule has 3 atom stereocenters. The van der Waals surface area contributed by atoms with Crippen LogP contribution in [-0.2, 0) is 15.4 Å². The normalized spacial score (nSPS) is 25.5. The molecule has 0 aromatic heterocycles. The fraction of sp³-hybridized carbons (Fsp3) is 0.308. The van der Waals surface area contributed by atoms with E-state index in [9.17, 15) is 8.42 Å². The molecule has 4 nitrogen and oxygen atoms in total. The van der Waals surface area contributed by atoms with Crippen LogP contribution in [0.5, 0.6) is 0 Å². The minimum atomic E-state index is -3.66. The number of hydrogen-bond acceptors (Lipinski definition) is 3. The van der Waals surface area contributed by atoms with E-state index >= 15 is 0 Å². The first-order valence-electron chi connectivity index (χ1n) is 10.7. The second-order valence-electron chi connectivity index (χ2n) is 9.09. The van der Waals surface area contributed by atoms with Gasteiger partial charge in [-0.2, -0.15) is 4.31 Å². The van der Waals surface area contributed by atoms with Gasteiger partial charge in [-0.15, -0.1) is 0 Å². The number of benzene rings is 3. The second kappa shape index (κ2) is 6.94. The summed E-state index contributed by atoms with van der Waals surface area (Å²) in [5.41, 5.74) is 5.44. The predicted molar refractivity (Wildman–Crippen MR) is 125 cm³/mol. The van der Waals surface area contributed by atoms with Crippen LogP contribution in [0.1, 0.15) is 35.1 Å². The van der Waals surface area contributed by atoms with Gasteiger partial charge < -0.3 is 4.90 Å². The molecule has 5 heteroatoms. The number of hydrogen-bond donors (Lipinski definition) is 0. The molecule has 3 aromatic rings. The summed E-state index contributed by atoms with van der Waals surface area (Å²) in [6.07, 6.45) is -0.278. The Bertz CT molecular complexity index is 1240. The molecule has 2 heterocycles. The van der Waals surface area contributed by atoms with Gasteiger partial charge in [-0.25, -0.2) is 8.42 Å².